The SMILES string of the molecule is NCc1nc(CN2CCN(Cc3ccc(-c4cccc(F)c4)s3)CC2)no1. The van der Waals surface area contributed by atoms with Gasteiger partial charge in [0.05, 0.1) is 13.1 Å². The molecule has 8 heteroatoms. The van der Waals surface area contributed by atoms with E-state index in [4.69, 9.17) is 10.3 Å². The smallest absolute Gasteiger partial charge is 0.240 e. The summed E-state index contributed by atoms with van der Waals surface area (Å²) in [6.45, 7) is 5.82. The Hall–Kier alpha value is -2.13. The first-order valence-corrected chi connectivity index (χ1v) is 9.82. The summed E-state index contributed by atoms with van der Waals surface area (Å²) in [7, 11) is 0. The molecule has 6 nitrogen and oxygen atoms in total. The highest BCUT2D eigenvalue weighted by atomic mass is 32.1. The normalized spacial score (nSPS) is 16.1. The number of rotatable bonds is 6. The van der Waals surface area contributed by atoms with Crippen LogP contribution in [0.3, 0.4) is 0 Å². The monoisotopic (exact) mass is 387 g/mol. The molecule has 3 heterocycles. The van der Waals surface area contributed by atoms with Gasteiger partial charge < -0.3 is 10.3 Å². The third-order valence-corrected chi connectivity index (χ3v) is 5.78. The standard InChI is InChI=1S/C19H22FN5OS/c20-15-3-1-2-14(10-15)17-5-4-16(27-17)12-24-6-8-25(9-7-24)13-18-22-19(11-21)26-23-18/h1-5,10H,6-9,11-13,21H2. The van der Waals surface area contributed by atoms with E-state index >= 15 is 0 Å². The van der Waals surface area contributed by atoms with Crippen LogP contribution in [0.5, 0.6) is 0 Å². The molecule has 1 aliphatic heterocycles. The number of nitrogens with two attached hydrogens (primary N) is 1. The van der Waals surface area contributed by atoms with Crippen molar-refractivity contribution >= 4 is 11.3 Å². The molecule has 1 aromatic carbocycles. The van der Waals surface area contributed by atoms with Gasteiger partial charge in [0.15, 0.2) is 5.82 Å². The second-order valence-corrected chi connectivity index (χ2v) is 7.81. The molecule has 27 heavy (non-hydrogen) atoms. The first kappa shape index (κ1) is 18.2. The maximum Gasteiger partial charge on any atom is 0.240 e. The van der Waals surface area contributed by atoms with Crippen LogP contribution in [0.15, 0.2) is 40.9 Å². The molecule has 1 saturated heterocycles. The molecule has 0 saturated carbocycles. The van der Waals surface area contributed by atoms with Gasteiger partial charge in [0.1, 0.15) is 5.82 Å². The molecule has 142 valence electrons. The van der Waals surface area contributed by atoms with Gasteiger partial charge in [-0.15, -0.1) is 11.3 Å². The van der Waals surface area contributed by atoms with E-state index < -0.39 is 0 Å². The van der Waals surface area contributed by atoms with Crippen molar-refractivity contribution < 1.29 is 8.91 Å². The van der Waals surface area contributed by atoms with E-state index in [2.05, 4.69) is 32.1 Å². The molecule has 0 amide bonds. The summed E-state index contributed by atoms with van der Waals surface area (Å²) in [6.07, 6.45) is 0. The molecule has 0 bridgehead atoms. The number of benzene rings is 1. The van der Waals surface area contributed by atoms with Gasteiger partial charge in [0.2, 0.25) is 5.89 Å². The highest BCUT2D eigenvalue weighted by molar-refractivity contribution is 7.15. The average Bonchev–Trinajstić information content (AvgIpc) is 3.33. The summed E-state index contributed by atoms with van der Waals surface area (Å²) >= 11 is 1.73. The number of aromatic nitrogens is 2. The van der Waals surface area contributed by atoms with Crippen LogP contribution < -0.4 is 5.73 Å². The largest absolute Gasteiger partial charge is 0.338 e. The van der Waals surface area contributed by atoms with Crippen molar-refractivity contribution in [3.8, 4) is 10.4 Å². The summed E-state index contributed by atoms with van der Waals surface area (Å²) < 4.78 is 18.5. The van der Waals surface area contributed by atoms with Crippen LogP contribution in [0, 0.1) is 5.82 Å². The maximum absolute atomic E-state index is 13.4. The van der Waals surface area contributed by atoms with Crippen molar-refractivity contribution in [2.45, 2.75) is 19.6 Å². The van der Waals surface area contributed by atoms with Gasteiger partial charge in [0.25, 0.3) is 0 Å². The summed E-state index contributed by atoms with van der Waals surface area (Å²) in [5, 5.41) is 3.96. The molecule has 0 spiro atoms. The summed E-state index contributed by atoms with van der Waals surface area (Å²) in [5.41, 5.74) is 6.44. The van der Waals surface area contributed by atoms with Crippen LogP contribution in [0.4, 0.5) is 4.39 Å². The molecule has 0 atom stereocenters. The minimum absolute atomic E-state index is 0.196. The van der Waals surface area contributed by atoms with Crippen molar-refractivity contribution in [2.75, 3.05) is 26.2 Å². The predicted octanol–water partition coefficient (Wildman–Crippen LogP) is 2.71. The fourth-order valence-corrected chi connectivity index (χ4v) is 4.27. The Kier molecular flexibility index (Phi) is 5.58. The lowest BCUT2D eigenvalue weighted by Gasteiger charge is -2.33. The van der Waals surface area contributed by atoms with Crippen molar-refractivity contribution in [1.82, 2.24) is 19.9 Å². The highest BCUT2D eigenvalue weighted by Gasteiger charge is 2.19. The lowest BCUT2D eigenvalue weighted by atomic mass is 10.2. The molecule has 1 fully saturated rings. The van der Waals surface area contributed by atoms with E-state index in [9.17, 15) is 4.39 Å². The van der Waals surface area contributed by atoms with Crippen LogP contribution >= 0.6 is 11.3 Å². The summed E-state index contributed by atoms with van der Waals surface area (Å²) in [5.74, 6) is 0.982. The first-order valence-electron chi connectivity index (χ1n) is 9.00. The van der Waals surface area contributed by atoms with Gasteiger partial charge in [-0.25, -0.2) is 4.39 Å². The number of thiophene rings is 1. The van der Waals surface area contributed by atoms with E-state index in [1.165, 1.54) is 10.9 Å². The molecule has 0 aliphatic carbocycles. The van der Waals surface area contributed by atoms with Crippen LogP contribution in [0.25, 0.3) is 10.4 Å². The second kappa shape index (κ2) is 8.26. The quantitative estimate of drug-likeness (QED) is 0.701. The maximum atomic E-state index is 13.4. The minimum atomic E-state index is -0.196. The molecular formula is C19H22FN5OS. The Balaban J connectivity index is 1.29. The number of piperazine rings is 1. The van der Waals surface area contributed by atoms with Crippen LogP contribution in [0.2, 0.25) is 0 Å². The van der Waals surface area contributed by atoms with Crippen molar-refractivity contribution in [3.05, 3.63) is 58.8 Å². The highest BCUT2D eigenvalue weighted by Crippen LogP contribution is 2.29. The van der Waals surface area contributed by atoms with Gasteiger partial charge in [-0.05, 0) is 29.8 Å². The van der Waals surface area contributed by atoms with Crippen LogP contribution in [-0.4, -0.2) is 46.1 Å². The predicted molar refractivity (Wildman–Crippen MR) is 102 cm³/mol. The van der Waals surface area contributed by atoms with Crippen molar-refractivity contribution in [3.63, 3.8) is 0 Å². The van der Waals surface area contributed by atoms with Gasteiger partial charge in [-0.1, -0.05) is 17.3 Å². The number of halogens is 1. The van der Waals surface area contributed by atoms with Gasteiger partial charge in [0, 0.05) is 42.5 Å². The molecule has 0 unspecified atom stereocenters. The topological polar surface area (TPSA) is 71.4 Å². The molecule has 2 N–H and O–H groups in total. The van der Waals surface area contributed by atoms with Gasteiger partial charge in [-0.3, -0.25) is 9.80 Å². The summed E-state index contributed by atoms with van der Waals surface area (Å²) in [4.78, 5) is 11.4. The van der Waals surface area contributed by atoms with Gasteiger partial charge in [-0.2, -0.15) is 4.98 Å². The zero-order valence-corrected chi connectivity index (χ0v) is 15.8. The Morgan fingerprint density at radius 1 is 1.07 bits per heavy atom. The van der Waals surface area contributed by atoms with Crippen molar-refractivity contribution in [1.29, 1.82) is 0 Å². The molecule has 0 radical (unpaired) electrons. The molecular weight excluding hydrogens is 365 g/mol. The average molecular weight is 387 g/mol. The van der Waals surface area contributed by atoms with E-state index in [0.29, 0.717) is 18.3 Å². The van der Waals surface area contributed by atoms with Crippen molar-refractivity contribution in [2.24, 2.45) is 5.73 Å². The number of hydrogen-bond acceptors (Lipinski definition) is 7. The van der Waals surface area contributed by atoms with E-state index in [1.807, 2.05) is 6.07 Å². The van der Waals surface area contributed by atoms with E-state index in [-0.39, 0.29) is 12.4 Å². The zero-order valence-electron chi connectivity index (χ0n) is 15.0. The van der Waals surface area contributed by atoms with Gasteiger partial charge >= 0.3 is 0 Å². The van der Waals surface area contributed by atoms with Crippen LogP contribution in [0.1, 0.15) is 16.6 Å². The first-order chi connectivity index (χ1) is 13.2. The summed E-state index contributed by atoms with van der Waals surface area (Å²) in [6, 6.07) is 11.0. The fourth-order valence-electron chi connectivity index (χ4n) is 3.22. The molecule has 2 aromatic heterocycles. The number of nitrogens with zero attached hydrogens (tertiary/aromatic N) is 4. The molecule has 3 aromatic rings. The molecule has 4 rings (SSSR count). The van der Waals surface area contributed by atoms with E-state index in [1.54, 1.807) is 23.5 Å². The Bertz CT molecular complexity index is 888. The lowest BCUT2D eigenvalue weighted by Crippen LogP contribution is -2.45. The fraction of sp³-hybridized carbons (Fsp3) is 0.368. The zero-order chi connectivity index (χ0) is 18.6. The minimum Gasteiger partial charge on any atom is -0.338 e. The lowest BCUT2D eigenvalue weighted by molar-refractivity contribution is 0.120. The second-order valence-electron chi connectivity index (χ2n) is 6.64. The number of hydrogen-bond donors (Lipinski definition) is 1. The molecule has 1 aliphatic rings. The van der Waals surface area contributed by atoms with Crippen LogP contribution in [-0.2, 0) is 19.6 Å². The Labute approximate surface area is 161 Å². The third kappa shape index (κ3) is 4.59. The Morgan fingerprint density at radius 3 is 2.56 bits per heavy atom. The van der Waals surface area contributed by atoms with E-state index in [0.717, 1.165) is 43.2 Å². The Morgan fingerprint density at radius 2 is 1.85 bits per heavy atom. The third-order valence-electron chi connectivity index (χ3n) is 4.66.